The number of nitrogens with two attached hydrogens (primary N) is 1. The highest BCUT2D eigenvalue weighted by Gasteiger charge is 2.23. The second-order valence-electron chi connectivity index (χ2n) is 6.67. The van der Waals surface area contributed by atoms with Crippen molar-refractivity contribution in [3.8, 4) is 0 Å². The lowest BCUT2D eigenvalue weighted by atomic mass is 9.96. The first-order valence-electron chi connectivity index (χ1n) is 8.41. The van der Waals surface area contributed by atoms with Crippen LogP contribution in [-0.2, 0) is 0 Å². The summed E-state index contributed by atoms with van der Waals surface area (Å²) < 4.78 is 0. The maximum absolute atomic E-state index is 5.86. The Labute approximate surface area is 128 Å². The van der Waals surface area contributed by atoms with E-state index in [2.05, 4.69) is 26.9 Å². The Morgan fingerprint density at radius 3 is 2.48 bits per heavy atom. The van der Waals surface area contributed by atoms with Crippen LogP contribution in [0.1, 0.15) is 44.3 Å². The average Bonchev–Trinajstić information content (AvgIpc) is 3.01. The van der Waals surface area contributed by atoms with Gasteiger partial charge in [0.25, 0.3) is 0 Å². The van der Waals surface area contributed by atoms with E-state index < -0.39 is 0 Å². The maximum atomic E-state index is 5.86. The molecule has 2 saturated heterocycles. The number of rotatable bonds is 4. The molecule has 1 aromatic rings. The molecule has 0 radical (unpaired) electrons. The first-order chi connectivity index (χ1) is 10.2. The Bertz CT molecular complexity index is 429. The van der Waals surface area contributed by atoms with Gasteiger partial charge in [-0.05, 0) is 63.7 Å². The van der Waals surface area contributed by atoms with E-state index in [1.54, 1.807) is 0 Å². The topological polar surface area (TPSA) is 45.4 Å². The number of anilines is 1. The third-order valence-corrected chi connectivity index (χ3v) is 4.93. The van der Waals surface area contributed by atoms with Crippen molar-refractivity contribution < 1.29 is 0 Å². The SMILES string of the molecule is C[C@H](N)c1ccc(N2CCC(CN3CCCC3)CC2)cn1. The van der Waals surface area contributed by atoms with Crippen LogP contribution in [0.4, 0.5) is 5.69 Å². The minimum atomic E-state index is 0.0187. The monoisotopic (exact) mass is 288 g/mol. The standard InChI is InChI=1S/C17H28N4/c1-14(18)17-5-4-16(12-19-17)21-10-6-15(7-11-21)13-20-8-2-3-9-20/h4-5,12,14-15H,2-3,6-11,13,18H2,1H3/t14-/m0/s1. The Hall–Kier alpha value is -1.13. The molecule has 2 aliphatic heterocycles. The molecule has 0 spiro atoms. The van der Waals surface area contributed by atoms with Gasteiger partial charge < -0.3 is 15.5 Å². The van der Waals surface area contributed by atoms with Crippen molar-refractivity contribution in [2.75, 3.05) is 37.6 Å². The summed E-state index contributed by atoms with van der Waals surface area (Å²) in [6.07, 6.45) is 7.41. The molecule has 0 bridgehead atoms. The normalized spacial score (nSPS) is 22.7. The second-order valence-corrected chi connectivity index (χ2v) is 6.67. The summed E-state index contributed by atoms with van der Waals surface area (Å²) in [4.78, 5) is 9.60. The predicted molar refractivity (Wildman–Crippen MR) is 87.5 cm³/mol. The molecule has 4 nitrogen and oxygen atoms in total. The van der Waals surface area contributed by atoms with Gasteiger partial charge in [-0.25, -0.2) is 0 Å². The summed E-state index contributed by atoms with van der Waals surface area (Å²) in [7, 11) is 0. The zero-order valence-electron chi connectivity index (χ0n) is 13.2. The smallest absolute Gasteiger partial charge is 0.0569 e. The molecule has 0 aliphatic carbocycles. The van der Waals surface area contributed by atoms with Crippen LogP contribution in [0.5, 0.6) is 0 Å². The molecule has 1 aromatic heterocycles. The number of nitrogens with zero attached hydrogens (tertiary/aromatic N) is 3. The van der Waals surface area contributed by atoms with Crippen molar-refractivity contribution in [1.82, 2.24) is 9.88 Å². The number of hydrogen-bond donors (Lipinski definition) is 1. The van der Waals surface area contributed by atoms with Crippen LogP contribution in [0.25, 0.3) is 0 Å². The van der Waals surface area contributed by atoms with E-state index in [0.29, 0.717) is 0 Å². The lowest BCUT2D eigenvalue weighted by Crippen LogP contribution is -2.38. The molecule has 1 atom stereocenters. The summed E-state index contributed by atoms with van der Waals surface area (Å²) in [6, 6.07) is 4.26. The minimum Gasteiger partial charge on any atom is -0.370 e. The molecular weight excluding hydrogens is 260 g/mol. The highest BCUT2D eigenvalue weighted by molar-refractivity contribution is 5.45. The largest absolute Gasteiger partial charge is 0.370 e. The molecule has 0 aromatic carbocycles. The molecule has 2 N–H and O–H groups in total. The van der Waals surface area contributed by atoms with E-state index in [-0.39, 0.29) is 6.04 Å². The van der Waals surface area contributed by atoms with Gasteiger partial charge >= 0.3 is 0 Å². The van der Waals surface area contributed by atoms with Gasteiger partial charge in [0.05, 0.1) is 17.6 Å². The van der Waals surface area contributed by atoms with Crippen LogP contribution in [0, 0.1) is 5.92 Å². The zero-order chi connectivity index (χ0) is 14.7. The van der Waals surface area contributed by atoms with Gasteiger partial charge in [-0.15, -0.1) is 0 Å². The van der Waals surface area contributed by atoms with Crippen molar-refractivity contribution in [3.63, 3.8) is 0 Å². The Morgan fingerprint density at radius 2 is 1.90 bits per heavy atom. The third kappa shape index (κ3) is 3.74. The third-order valence-electron chi connectivity index (χ3n) is 4.93. The molecule has 2 aliphatic rings. The van der Waals surface area contributed by atoms with Crippen molar-refractivity contribution >= 4 is 5.69 Å². The summed E-state index contributed by atoms with van der Waals surface area (Å²) >= 11 is 0. The lowest BCUT2D eigenvalue weighted by Gasteiger charge is -2.35. The van der Waals surface area contributed by atoms with E-state index in [1.807, 2.05) is 13.1 Å². The van der Waals surface area contributed by atoms with E-state index in [9.17, 15) is 0 Å². The van der Waals surface area contributed by atoms with Crippen molar-refractivity contribution in [1.29, 1.82) is 0 Å². The number of likely N-dealkylation sites (tertiary alicyclic amines) is 1. The van der Waals surface area contributed by atoms with Crippen LogP contribution in [0.3, 0.4) is 0 Å². The van der Waals surface area contributed by atoms with Crippen molar-refractivity contribution in [3.05, 3.63) is 24.0 Å². The fraction of sp³-hybridized carbons (Fsp3) is 0.706. The molecule has 3 heterocycles. The molecule has 4 heteroatoms. The summed E-state index contributed by atoms with van der Waals surface area (Å²) in [5.41, 5.74) is 8.08. The van der Waals surface area contributed by atoms with E-state index >= 15 is 0 Å². The van der Waals surface area contributed by atoms with E-state index in [0.717, 1.165) is 24.7 Å². The second kappa shape index (κ2) is 6.75. The number of hydrogen-bond acceptors (Lipinski definition) is 4. The van der Waals surface area contributed by atoms with Gasteiger partial charge in [0.2, 0.25) is 0 Å². The maximum Gasteiger partial charge on any atom is 0.0569 e. The molecule has 0 saturated carbocycles. The Kier molecular flexibility index (Phi) is 4.76. The molecule has 0 unspecified atom stereocenters. The van der Waals surface area contributed by atoms with Crippen LogP contribution in [-0.4, -0.2) is 42.6 Å². The number of pyridine rings is 1. The van der Waals surface area contributed by atoms with Crippen LogP contribution in [0.15, 0.2) is 18.3 Å². The fourth-order valence-electron chi connectivity index (χ4n) is 3.56. The van der Waals surface area contributed by atoms with Gasteiger partial charge in [-0.1, -0.05) is 0 Å². The lowest BCUT2D eigenvalue weighted by molar-refractivity contribution is 0.249. The first kappa shape index (κ1) is 14.8. The first-order valence-corrected chi connectivity index (χ1v) is 8.41. The fourth-order valence-corrected chi connectivity index (χ4v) is 3.56. The van der Waals surface area contributed by atoms with E-state index in [4.69, 9.17) is 5.73 Å². The summed E-state index contributed by atoms with van der Waals surface area (Å²) in [5, 5.41) is 0. The quantitative estimate of drug-likeness (QED) is 0.924. The van der Waals surface area contributed by atoms with E-state index in [1.165, 1.54) is 51.0 Å². The van der Waals surface area contributed by atoms with Crippen molar-refractivity contribution in [2.24, 2.45) is 11.7 Å². The zero-order valence-corrected chi connectivity index (χ0v) is 13.2. The summed E-state index contributed by atoms with van der Waals surface area (Å²) in [6.45, 7) is 8.27. The highest BCUT2D eigenvalue weighted by Crippen LogP contribution is 2.25. The Balaban J connectivity index is 1.50. The van der Waals surface area contributed by atoms with Gasteiger partial charge in [-0.2, -0.15) is 0 Å². The van der Waals surface area contributed by atoms with Crippen molar-refractivity contribution in [2.45, 2.75) is 38.6 Å². The Morgan fingerprint density at radius 1 is 1.19 bits per heavy atom. The number of aromatic nitrogens is 1. The molecule has 0 amide bonds. The highest BCUT2D eigenvalue weighted by atomic mass is 15.2. The summed E-state index contributed by atoms with van der Waals surface area (Å²) in [5.74, 6) is 0.885. The average molecular weight is 288 g/mol. The number of piperidine rings is 1. The van der Waals surface area contributed by atoms with Gasteiger partial charge in [0, 0.05) is 25.7 Å². The molecule has 2 fully saturated rings. The minimum absolute atomic E-state index is 0.0187. The van der Waals surface area contributed by atoms with Gasteiger partial charge in [0.15, 0.2) is 0 Å². The molecule has 21 heavy (non-hydrogen) atoms. The molecular formula is C17H28N4. The predicted octanol–water partition coefficient (Wildman–Crippen LogP) is 2.41. The van der Waals surface area contributed by atoms with Crippen LogP contribution >= 0.6 is 0 Å². The van der Waals surface area contributed by atoms with Gasteiger partial charge in [-0.3, -0.25) is 4.98 Å². The van der Waals surface area contributed by atoms with Crippen LogP contribution < -0.4 is 10.6 Å². The van der Waals surface area contributed by atoms with Gasteiger partial charge in [0.1, 0.15) is 0 Å². The van der Waals surface area contributed by atoms with Crippen LogP contribution in [0.2, 0.25) is 0 Å². The molecule has 116 valence electrons. The molecule has 3 rings (SSSR count).